The van der Waals surface area contributed by atoms with Crippen LogP contribution in [0.25, 0.3) is 5.73 Å². The molecule has 4 aliphatic rings. The molecule has 337 valence electrons. The fourth-order valence-electron chi connectivity index (χ4n) is 6.80. The first kappa shape index (κ1) is 52.4. The van der Waals surface area contributed by atoms with Crippen molar-refractivity contribution in [1.29, 1.82) is 0 Å². The number of benzene rings is 1. The molecule has 0 amide bonds. The number of hydrogen-bond donors (Lipinski definition) is 14. The second kappa shape index (κ2) is 23.8. The van der Waals surface area contributed by atoms with E-state index >= 15 is 0 Å². The van der Waals surface area contributed by atoms with E-state index in [4.69, 9.17) is 63.0 Å². The smallest absolute Gasteiger partial charge is 0.229 e. The van der Waals surface area contributed by atoms with Crippen molar-refractivity contribution in [3.05, 3.63) is 30.0 Å². The van der Waals surface area contributed by atoms with Gasteiger partial charge in [0.25, 0.3) is 0 Å². The van der Waals surface area contributed by atoms with Gasteiger partial charge in [0.15, 0.2) is 24.8 Å². The molecule has 3 radical (unpaired) electrons. The summed E-state index contributed by atoms with van der Waals surface area (Å²) in [5.74, 6) is 0.456. The molecule has 4 heterocycles. The van der Waals surface area contributed by atoms with E-state index in [9.17, 15) is 61.3 Å². The SMILES string of the molecule is [Ac].[B]SCNC(=S)Nc1ccc(OC2OC(CO)(COC3OC(CO)C(O)C(O)C3O)CC(OC3OC(CO)C(O)C(O)C3OC3OC(CO)C(O)C(O)C3[NH-])C2O)cc1. The number of aliphatic hydroxyl groups excluding tert-OH is 12. The maximum Gasteiger partial charge on any atom is 0.229 e. The van der Waals surface area contributed by atoms with Crippen molar-refractivity contribution in [2.45, 2.75) is 123 Å². The van der Waals surface area contributed by atoms with E-state index in [1.807, 2.05) is 0 Å². The molecule has 1 aromatic carbocycles. The van der Waals surface area contributed by atoms with Crippen molar-refractivity contribution in [3.8, 4) is 5.75 Å². The van der Waals surface area contributed by atoms with Crippen molar-refractivity contribution in [3.63, 3.8) is 0 Å². The zero-order chi connectivity index (χ0) is 43.2. The van der Waals surface area contributed by atoms with Gasteiger partial charge in [-0.25, -0.2) is 11.6 Å². The van der Waals surface area contributed by atoms with E-state index in [0.717, 1.165) is 11.6 Å². The topological polar surface area (TPSA) is 364 Å². The van der Waals surface area contributed by atoms with Crippen LogP contribution in [0, 0.1) is 44.1 Å². The first-order valence-corrected chi connectivity index (χ1v) is 19.9. The van der Waals surface area contributed by atoms with Crippen molar-refractivity contribution in [1.82, 2.24) is 5.32 Å². The molecule has 27 heteroatoms. The Balaban J connectivity index is 0.00000794. The Labute approximate surface area is 390 Å². The van der Waals surface area contributed by atoms with E-state index in [2.05, 4.69) is 10.6 Å². The molecule has 4 aliphatic heterocycles. The molecule has 60 heavy (non-hydrogen) atoms. The number of anilines is 1. The van der Waals surface area contributed by atoms with E-state index in [1.54, 1.807) is 12.1 Å². The van der Waals surface area contributed by atoms with Gasteiger partial charge in [-0.2, -0.15) is 0 Å². The number of rotatable bonds is 16. The van der Waals surface area contributed by atoms with Crippen LogP contribution in [-0.2, 0) is 33.2 Å². The summed E-state index contributed by atoms with van der Waals surface area (Å²) in [5.41, 5.74) is 6.97. The number of aliphatic hydroxyl groups is 12. The molecule has 4 saturated heterocycles. The fraction of sp³-hybridized carbons (Fsp3) is 0.788. The number of thiocarbonyl (C=S) groups is 1. The summed E-state index contributed by atoms with van der Waals surface area (Å²) in [6.45, 7) is -3.99. The Hall–Kier alpha value is -0.234. The molecule has 4 fully saturated rings. The molecule has 19 atom stereocenters. The number of ether oxygens (including phenoxy) is 8. The van der Waals surface area contributed by atoms with Crippen molar-refractivity contribution in [2.24, 2.45) is 0 Å². The molecule has 23 nitrogen and oxygen atoms in total. The van der Waals surface area contributed by atoms with Crippen LogP contribution in [0.4, 0.5) is 5.69 Å². The molecule has 0 aliphatic carbocycles. The van der Waals surface area contributed by atoms with Crippen LogP contribution in [0.3, 0.4) is 0 Å². The summed E-state index contributed by atoms with van der Waals surface area (Å²) >= 11 is 6.24. The van der Waals surface area contributed by atoms with Gasteiger partial charge >= 0.3 is 0 Å². The van der Waals surface area contributed by atoms with Crippen molar-refractivity contribution in [2.75, 3.05) is 44.2 Å². The average Bonchev–Trinajstić information content (AvgIpc) is 3.23. The summed E-state index contributed by atoms with van der Waals surface area (Å²) < 4.78 is 46.5. The predicted molar refractivity (Wildman–Crippen MR) is 203 cm³/mol. The normalized spacial score (nSPS) is 42.1. The van der Waals surface area contributed by atoms with Crippen LogP contribution >= 0.6 is 23.8 Å². The molecular formula is C33H51AcBN3O20S2-. The van der Waals surface area contributed by atoms with Gasteiger partial charge in [0, 0.05) is 56.2 Å². The standard InChI is InChI=1S/C33H51BN3O20S2.Ac/c34-59-11-36-32(58)37-12-1-3-13(4-2-12)51-30-22(45)14(5-33(9-41,57-30)10-50-29-26(49)24(47)20(43)16(7-39)54-29)52-31-27(25(48)21(44)17(8-40)55-31)56-28-18(35)23(46)19(42)15(6-38)53-28;/h1-4,14-31,35,38-49H,5-11H2,(H2,36,37,58);/q-1;. The van der Waals surface area contributed by atoms with E-state index < -0.39 is 156 Å². The molecular weight excluding hydrogens is 1060 g/mol. The van der Waals surface area contributed by atoms with Crippen LogP contribution in [0.1, 0.15) is 6.42 Å². The molecule has 1 aromatic rings. The Morgan fingerprint density at radius 2 is 1.32 bits per heavy atom. The molecule has 15 N–H and O–H groups in total. The Morgan fingerprint density at radius 3 is 1.90 bits per heavy atom. The second-order valence-electron chi connectivity index (χ2n) is 14.3. The van der Waals surface area contributed by atoms with Crippen molar-refractivity contribution >= 4 is 41.8 Å². The van der Waals surface area contributed by atoms with Gasteiger partial charge in [0.1, 0.15) is 84.8 Å². The summed E-state index contributed by atoms with van der Waals surface area (Å²) in [4.78, 5) is 0. The third kappa shape index (κ3) is 12.4. The quantitative estimate of drug-likeness (QED) is 0.0416. The van der Waals surface area contributed by atoms with E-state index in [-0.39, 0.29) is 54.9 Å². The van der Waals surface area contributed by atoms with Gasteiger partial charge in [-0.3, -0.25) is 0 Å². The minimum Gasteiger partial charge on any atom is -0.668 e. The van der Waals surface area contributed by atoms with Gasteiger partial charge in [0.05, 0.1) is 51.1 Å². The summed E-state index contributed by atoms with van der Waals surface area (Å²) in [6, 6.07) is 4.40. The third-order valence-corrected chi connectivity index (χ3v) is 10.8. The Morgan fingerprint density at radius 1 is 0.750 bits per heavy atom. The maximum absolute atomic E-state index is 11.7. The van der Waals surface area contributed by atoms with Crippen molar-refractivity contribution < 1.29 is 143 Å². The van der Waals surface area contributed by atoms with Crippen LogP contribution in [0.15, 0.2) is 24.3 Å². The minimum atomic E-state index is -1.94. The van der Waals surface area contributed by atoms with Gasteiger partial charge in [-0.1, -0.05) is 6.04 Å². The summed E-state index contributed by atoms with van der Waals surface area (Å²) in [5, 5.41) is 132. The van der Waals surface area contributed by atoms with Crippen LogP contribution in [0.2, 0.25) is 0 Å². The summed E-state index contributed by atoms with van der Waals surface area (Å²) in [7, 11) is 5.42. The molecule has 19 unspecified atom stereocenters. The number of hydrogen-bond acceptors (Lipinski definition) is 22. The van der Waals surface area contributed by atoms with E-state index in [0.29, 0.717) is 11.6 Å². The van der Waals surface area contributed by atoms with Crippen LogP contribution < -0.4 is 15.4 Å². The zero-order valence-electron chi connectivity index (χ0n) is 31.8. The van der Waals surface area contributed by atoms with E-state index in [1.165, 1.54) is 12.1 Å². The fourth-order valence-corrected chi connectivity index (χ4v) is 7.31. The molecule has 0 spiro atoms. The first-order valence-electron chi connectivity index (χ1n) is 18.4. The summed E-state index contributed by atoms with van der Waals surface area (Å²) in [6.07, 6.45) is -29.5. The van der Waals surface area contributed by atoms with Gasteiger partial charge in [0.2, 0.25) is 6.29 Å². The van der Waals surface area contributed by atoms with Gasteiger partial charge < -0.3 is 116 Å². The Kier molecular flexibility index (Phi) is 20.8. The predicted octanol–water partition coefficient (Wildman–Crippen LogP) is -6.15. The van der Waals surface area contributed by atoms with Gasteiger partial charge in [-0.05, 0) is 36.5 Å². The molecule has 0 saturated carbocycles. The number of nitrogens with one attached hydrogen (secondary N) is 3. The van der Waals surface area contributed by atoms with Gasteiger partial charge in [-0.15, -0.1) is 0 Å². The maximum atomic E-state index is 11.7. The minimum absolute atomic E-state index is 0. The largest absolute Gasteiger partial charge is 0.668 e. The molecule has 5 rings (SSSR count). The average molecular weight is 1110 g/mol. The second-order valence-corrected chi connectivity index (χ2v) is 15.4. The third-order valence-electron chi connectivity index (χ3n) is 10.2. The van der Waals surface area contributed by atoms with Crippen LogP contribution in [-0.4, -0.2) is 229 Å². The molecule has 0 bridgehead atoms. The van der Waals surface area contributed by atoms with Crippen LogP contribution in [0.5, 0.6) is 5.75 Å². The molecule has 0 aromatic heterocycles. The first-order chi connectivity index (χ1) is 28.1. The zero-order valence-corrected chi connectivity index (χ0v) is 38.1. The monoisotopic (exact) mass is 1110 g/mol. The Bertz CT molecular complexity index is 1480.